The standard InChI is InChI=1S/C22H27FN2O3/c1-27-21-11-5-3-8-18(21)14-25(15-19-9-6-12-28-19)16-22(26)24-13-17-7-2-4-10-20(17)23/h2-5,7-8,10-11,19H,6,9,12-16H2,1H3,(H,24,26). The van der Waals surface area contributed by atoms with Gasteiger partial charge in [0.05, 0.1) is 19.8 Å². The summed E-state index contributed by atoms with van der Waals surface area (Å²) in [5.74, 6) is 0.343. The Balaban J connectivity index is 1.62. The quantitative estimate of drug-likeness (QED) is 0.719. The molecule has 2 aromatic rings. The van der Waals surface area contributed by atoms with Crippen LogP contribution in [0.5, 0.6) is 5.75 Å². The summed E-state index contributed by atoms with van der Waals surface area (Å²) in [4.78, 5) is 14.6. The number of benzene rings is 2. The molecule has 1 saturated heterocycles. The molecule has 1 fully saturated rings. The first-order valence-electron chi connectivity index (χ1n) is 9.61. The predicted molar refractivity (Wildman–Crippen MR) is 105 cm³/mol. The Kier molecular flexibility index (Phi) is 7.39. The molecule has 3 rings (SSSR count). The lowest BCUT2D eigenvalue weighted by Crippen LogP contribution is -2.40. The third-order valence-electron chi connectivity index (χ3n) is 4.87. The first kappa shape index (κ1) is 20.3. The van der Waals surface area contributed by atoms with E-state index in [1.165, 1.54) is 6.07 Å². The van der Waals surface area contributed by atoms with Crippen LogP contribution in [0.25, 0.3) is 0 Å². The molecule has 1 N–H and O–H groups in total. The molecular formula is C22H27FN2O3. The van der Waals surface area contributed by atoms with Crippen molar-refractivity contribution in [2.45, 2.75) is 32.0 Å². The van der Waals surface area contributed by atoms with E-state index in [9.17, 15) is 9.18 Å². The Morgan fingerprint density at radius 2 is 1.96 bits per heavy atom. The largest absolute Gasteiger partial charge is 0.496 e. The van der Waals surface area contributed by atoms with Gasteiger partial charge in [-0.05, 0) is 25.0 Å². The fourth-order valence-electron chi connectivity index (χ4n) is 3.43. The summed E-state index contributed by atoms with van der Waals surface area (Å²) in [7, 11) is 1.64. The average molecular weight is 386 g/mol. The minimum Gasteiger partial charge on any atom is -0.496 e. The molecule has 0 saturated carbocycles. The number of nitrogens with one attached hydrogen (secondary N) is 1. The van der Waals surface area contributed by atoms with Gasteiger partial charge in [0.15, 0.2) is 0 Å². The third kappa shape index (κ3) is 5.78. The van der Waals surface area contributed by atoms with Gasteiger partial charge < -0.3 is 14.8 Å². The normalized spacial score (nSPS) is 16.3. The Morgan fingerprint density at radius 3 is 2.68 bits per heavy atom. The number of carbonyl (C=O) groups excluding carboxylic acids is 1. The molecule has 1 unspecified atom stereocenters. The van der Waals surface area contributed by atoms with E-state index in [0.29, 0.717) is 18.7 Å². The minimum atomic E-state index is -0.312. The van der Waals surface area contributed by atoms with Gasteiger partial charge in [-0.25, -0.2) is 4.39 Å². The second kappa shape index (κ2) is 10.2. The topological polar surface area (TPSA) is 50.8 Å². The van der Waals surface area contributed by atoms with E-state index in [-0.39, 0.29) is 30.9 Å². The third-order valence-corrected chi connectivity index (χ3v) is 4.87. The molecule has 0 bridgehead atoms. The lowest BCUT2D eigenvalue weighted by atomic mass is 10.1. The predicted octanol–water partition coefficient (Wildman–Crippen LogP) is 3.13. The van der Waals surface area contributed by atoms with Crippen LogP contribution >= 0.6 is 0 Å². The SMILES string of the molecule is COc1ccccc1CN(CC(=O)NCc1ccccc1F)CC1CCCO1. The second-order valence-corrected chi connectivity index (χ2v) is 6.98. The molecule has 1 aliphatic rings. The summed E-state index contributed by atoms with van der Waals surface area (Å²) in [5.41, 5.74) is 1.50. The van der Waals surface area contributed by atoms with Crippen LogP contribution in [0.4, 0.5) is 4.39 Å². The fourth-order valence-corrected chi connectivity index (χ4v) is 3.43. The van der Waals surface area contributed by atoms with E-state index in [1.807, 2.05) is 24.3 Å². The zero-order valence-electron chi connectivity index (χ0n) is 16.2. The molecule has 2 aromatic carbocycles. The van der Waals surface area contributed by atoms with Crippen molar-refractivity contribution in [1.82, 2.24) is 10.2 Å². The van der Waals surface area contributed by atoms with Crippen LogP contribution in [0, 0.1) is 5.82 Å². The molecule has 1 amide bonds. The van der Waals surface area contributed by atoms with Crippen LogP contribution in [0.2, 0.25) is 0 Å². The van der Waals surface area contributed by atoms with E-state index >= 15 is 0 Å². The molecule has 150 valence electrons. The van der Waals surface area contributed by atoms with Gasteiger partial charge in [-0.1, -0.05) is 36.4 Å². The van der Waals surface area contributed by atoms with E-state index < -0.39 is 0 Å². The van der Waals surface area contributed by atoms with E-state index in [2.05, 4.69) is 10.2 Å². The summed E-state index contributed by atoms with van der Waals surface area (Å²) in [6.07, 6.45) is 2.18. The fraction of sp³-hybridized carbons (Fsp3) is 0.409. The maximum Gasteiger partial charge on any atom is 0.234 e. The number of hydrogen-bond donors (Lipinski definition) is 1. The van der Waals surface area contributed by atoms with Gasteiger partial charge in [0, 0.05) is 37.4 Å². The van der Waals surface area contributed by atoms with Crippen molar-refractivity contribution in [3.05, 3.63) is 65.5 Å². The highest BCUT2D eigenvalue weighted by Gasteiger charge is 2.22. The molecule has 0 aliphatic carbocycles. The molecule has 1 heterocycles. The lowest BCUT2D eigenvalue weighted by molar-refractivity contribution is -0.122. The molecule has 0 spiro atoms. The number of nitrogens with zero attached hydrogens (tertiary/aromatic N) is 1. The van der Waals surface area contributed by atoms with Gasteiger partial charge in [-0.2, -0.15) is 0 Å². The van der Waals surface area contributed by atoms with Gasteiger partial charge in [-0.15, -0.1) is 0 Å². The molecule has 28 heavy (non-hydrogen) atoms. The van der Waals surface area contributed by atoms with Gasteiger partial charge in [0.25, 0.3) is 0 Å². The number of para-hydroxylation sites is 1. The highest BCUT2D eigenvalue weighted by Crippen LogP contribution is 2.21. The Labute approximate surface area is 165 Å². The monoisotopic (exact) mass is 386 g/mol. The number of ether oxygens (including phenoxy) is 2. The maximum absolute atomic E-state index is 13.8. The highest BCUT2D eigenvalue weighted by molar-refractivity contribution is 5.78. The molecule has 1 aliphatic heterocycles. The highest BCUT2D eigenvalue weighted by atomic mass is 19.1. The zero-order valence-corrected chi connectivity index (χ0v) is 16.2. The van der Waals surface area contributed by atoms with Crippen molar-refractivity contribution in [1.29, 1.82) is 0 Å². The molecule has 0 radical (unpaired) electrons. The van der Waals surface area contributed by atoms with Gasteiger partial charge >= 0.3 is 0 Å². The van der Waals surface area contributed by atoms with E-state index in [4.69, 9.17) is 9.47 Å². The summed E-state index contributed by atoms with van der Waals surface area (Å²) < 4.78 is 24.9. The Morgan fingerprint density at radius 1 is 1.21 bits per heavy atom. The van der Waals surface area contributed by atoms with Crippen molar-refractivity contribution < 1.29 is 18.7 Å². The summed E-state index contributed by atoms with van der Waals surface area (Å²) in [6.45, 7) is 2.41. The van der Waals surface area contributed by atoms with E-state index in [0.717, 1.165) is 30.8 Å². The minimum absolute atomic E-state index is 0.133. The van der Waals surface area contributed by atoms with Crippen LogP contribution in [-0.2, 0) is 22.6 Å². The van der Waals surface area contributed by atoms with Crippen LogP contribution in [0.3, 0.4) is 0 Å². The van der Waals surface area contributed by atoms with Gasteiger partial charge in [-0.3, -0.25) is 9.69 Å². The number of carbonyl (C=O) groups is 1. The maximum atomic E-state index is 13.8. The number of amides is 1. The first-order chi connectivity index (χ1) is 13.7. The summed E-state index contributed by atoms with van der Waals surface area (Å²) >= 11 is 0. The van der Waals surface area contributed by atoms with Gasteiger partial charge in [0.2, 0.25) is 5.91 Å². The second-order valence-electron chi connectivity index (χ2n) is 6.98. The van der Waals surface area contributed by atoms with Crippen LogP contribution in [0.15, 0.2) is 48.5 Å². The smallest absolute Gasteiger partial charge is 0.234 e. The molecule has 5 nitrogen and oxygen atoms in total. The number of rotatable bonds is 9. The molecule has 1 atom stereocenters. The van der Waals surface area contributed by atoms with Crippen molar-refractivity contribution in [3.8, 4) is 5.75 Å². The zero-order chi connectivity index (χ0) is 19.8. The van der Waals surface area contributed by atoms with Crippen molar-refractivity contribution >= 4 is 5.91 Å². The number of halogens is 1. The number of methoxy groups -OCH3 is 1. The van der Waals surface area contributed by atoms with Crippen molar-refractivity contribution in [2.75, 3.05) is 26.8 Å². The molecule has 6 heteroatoms. The van der Waals surface area contributed by atoms with Crippen molar-refractivity contribution in [2.24, 2.45) is 0 Å². The van der Waals surface area contributed by atoms with Crippen molar-refractivity contribution in [3.63, 3.8) is 0 Å². The number of hydrogen-bond acceptors (Lipinski definition) is 4. The van der Waals surface area contributed by atoms with Gasteiger partial charge in [0.1, 0.15) is 11.6 Å². The average Bonchev–Trinajstić information content (AvgIpc) is 3.21. The van der Waals surface area contributed by atoms with Crippen LogP contribution in [-0.4, -0.2) is 43.7 Å². The Hall–Kier alpha value is -2.44. The Bertz CT molecular complexity index is 778. The first-order valence-corrected chi connectivity index (χ1v) is 9.61. The summed E-state index contributed by atoms with van der Waals surface area (Å²) in [6, 6.07) is 14.3. The van der Waals surface area contributed by atoms with Crippen LogP contribution in [0.1, 0.15) is 24.0 Å². The molecule has 0 aromatic heterocycles. The molecular weight excluding hydrogens is 359 g/mol. The van der Waals surface area contributed by atoms with E-state index in [1.54, 1.807) is 25.3 Å². The lowest BCUT2D eigenvalue weighted by Gasteiger charge is -2.25. The summed E-state index contributed by atoms with van der Waals surface area (Å²) in [5, 5.41) is 2.82. The van der Waals surface area contributed by atoms with Crippen LogP contribution < -0.4 is 10.1 Å².